The van der Waals surface area contributed by atoms with Crippen LogP contribution in [0.2, 0.25) is 0 Å². The van der Waals surface area contributed by atoms with Gasteiger partial charge in [-0.15, -0.1) is 20.4 Å². The Morgan fingerprint density at radius 2 is 1.30 bits per heavy atom. The molecule has 0 aliphatic rings. The SMILES string of the molecule is CC(C)c1nncn1C(C)C.Cc1nnc(C(C)C)n1C(C)C. The lowest BCUT2D eigenvalue weighted by atomic mass is 10.2. The molecule has 0 atom stereocenters. The molecule has 0 aromatic carbocycles. The molecule has 0 aliphatic carbocycles. The third-order valence-corrected chi connectivity index (χ3v) is 3.60. The largest absolute Gasteiger partial charge is 0.315 e. The van der Waals surface area contributed by atoms with Gasteiger partial charge in [0.2, 0.25) is 0 Å². The highest BCUT2D eigenvalue weighted by Crippen LogP contribution is 2.17. The van der Waals surface area contributed by atoms with Gasteiger partial charge in [0.15, 0.2) is 0 Å². The summed E-state index contributed by atoms with van der Waals surface area (Å²) in [7, 11) is 0. The first-order chi connectivity index (χ1) is 10.7. The van der Waals surface area contributed by atoms with E-state index in [0.717, 1.165) is 17.5 Å². The smallest absolute Gasteiger partial charge is 0.135 e. The van der Waals surface area contributed by atoms with Crippen molar-refractivity contribution in [2.45, 2.75) is 86.2 Å². The number of aryl methyl sites for hydroxylation is 1. The van der Waals surface area contributed by atoms with Gasteiger partial charge in [-0.05, 0) is 34.6 Å². The lowest BCUT2D eigenvalue weighted by Gasteiger charge is -2.13. The van der Waals surface area contributed by atoms with Crippen LogP contribution in [0.25, 0.3) is 0 Å². The van der Waals surface area contributed by atoms with Crippen LogP contribution in [0.3, 0.4) is 0 Å². The molecule has 2 heterocycles. The highest BCUT2D eigenvalue weighted by atomic mass is 15.3. The molecule has 6 heteroatoms. The van der Waals surface area contributed by atoms with Crippen molar-refractivity contribution in [3.8, 4) is 0 Å². The third-order valence-electron chi connectivity index (χ3n) is 3.60. The zero-order valence-electron chi connectivity index (χ0n) is 16.1. The maximum Gasteiger partial charge on any atom is 0.135 e. The Balaban J connectivity index is 0.000000231. The van der Waals surface area contributed by atoms with E-state index in [4.69, 9.17) is 0 Å². The molecule has 0 saturated carbocycles. The molecule has 0 aliphatic heterocycles. The molecule has 2 aromatic rings. The molecule has 0 N–H and O–H groups in total. The number of hydrogen-bond acceptors (Lipinski definition) is 4. The fraction of sp³-hybridized carbons (Fsp3) is 0.765. The second kappa shape index (κ2) is 8.22. The zero-order valence-corrected chi connectivity index (χ0v) is 16.1. The molecule has 0 radical (unpaired) electrons. The first-order valence-electron chi connectivity index (χ1n) is 8.47. The molecule has 130 valence electrons. The molecule has 0 saturated heterocycles. The number of aromatic nitrogens is 6. The molecule has 0 fully saturated rings. The summed E-state index contributed by atoms with van der Waals surface area (Å²) in [5.41, 5.74) is 0. The standard InChI is InChI=1S/C9H17N3.C8H15N3/c1-6(2)9-11-10-8(5)12(9)7(3)4;1-6(2)8-10-9-5-11(8)7(3)4/h6-7H,1-5H3;5-7H,1-4H3. The minimum Gasteiger partial charge on any atom is -0.315 e. The summed E-state index contributed by atoms with van der Waals surface area (Å²) in [6.07, 6.45) is 1.79. The summed E-state index contributed by atoms with van der Waals surface area (Å²) in [6, 6.07) is 0.916. The van der Waals surface area contributed by atoms with Crippen LogP contribution >= 0.6 is 0 Å². The first-order valence-corrected chi connectivity index (χ1v) is 8.47. The van der Waals surface area contributed by atoms with E-state index < -0.39 is 0 Å². The Morgan fingerprint density at radius 1 is 0.739 bits per heavy atom. The van der Waals surface area contributed by atoms with Gasteiger partial charge in [-0.2, -0.15) is 0 Å². The van der Waals surface area contributed by atoms with E-state index in [2.05, 4.69) is 84.9 Å². The molecule has 2 rings (SSSR count). The lowest BCUT2D eigenvalue weighted by molar-refractivity contribution is 0.538. The van der Waals surface area contributed by atoms with Gasteiger partial charge >= 0.3 is 0 Å². The average molecular weight is 320 g/mol. The Morgan fingerprint density at radius 3 is 1.65 bits per heavy atom. The number of nitrogens with zero attached hydrogens (tertiary/aromatic N) is 6. The van der Waals surface area contributed by atoms with Crippen molar-refractivity contribution in [3.63, 3.8) is 0 Å². The number of hydrogen-bond donors (Lipinski definition) is 0. The van der Waals surface area contributed by atoms with E-state index in [1.165, 1.54) is 0 Å². The summed E-state index contributed by atoms with van der Waals surface area (Å²) in [5, 5.41) is 16.1. The normalized spacial score (nSPS) is 11.5. The quantitative estimate of drug-likeness (QED) is 0.844. The van der Waals surface area contributed by atoms with E-state index in [1.807, 2.05) is 6.92 Å². The zero-order chi connectivity index (χ0) is 17.7. The molecule has 0 unspecified atom stereocenters. The van der Waals surface area contributed by atoms with Gasteiger partial charge in [0.25, 0.3) is 0 Å². The lowest BCUT2D eigenvalue weighted by Crippen LogP contribution is -2.09. The molecule has 0 amide bonds. The molecule has 2 aromatic heterocycles. The Kier molecular flexibility index (Phi) is 6.91. The van der Waals surface area contributed by atoms with Crippen LogP contribution in [0.5, 0.6) is 0 Å². The highest BCUT2D eigenvalue weighted by Gasteiger charge is 2.13. The van der Waals surface area contributed by atoms with Gasteiger partial charge in [0.05, 0.1) is 0 Å². The van der Waals surface area contributed by atoms with Crippen LogP contribution in [0.15, 0.2) is 6.33 Å². The maximum absolute atomic E-state index is 4.15. The van der Waals surface area contributed by atoms with Crippen molar-refractivity contribution in [2.24, 2.45) is 0 Å². The monoisotopic (exact) mass is 320 g/mol. The minimum atomic E-state index is 0.452. The minimum absolute atomic E-state index is 0.452. The van der Waals surface area contributed by atoms with E-state index in [1.54, 1.807) is 6.33 Å². The Bertz CT molecular complexity index is 570. The molecular weight excluding hydrogens is 288 g/mol. The Hall–Kier alpha value is -1.72. The van der Waals surface area contributed by atoms with Crippen molar-refractivity contribution in [1.82, 2.24) is 29.5 Å². The second-order valence-corrected chi connectivity index (χ2v) is 7.07. The number of rotatable bonds is 4. The fourth-order valence-electron chi connectivity index (χ4n) is 2.48. The second-order valence-electron chi connectivity index (χ2n) is 7.07. The van der Waals surface area contributed by atoms with Crippen LogP contribution in [-0.2, 0) is 0 Å². The van der Waals surface area contributed by atoms with Crippen LogP contribution in [0.4, 0.5) is 0 Å². The van der Waals surface area contributed by atoms with Crippen molar-refractivity contribution < 1.29 is 0 Å². The fourth-order valence-corrected chi connectivity index (χ4v) is 2.48. The van der Waals surface area contributed by atoms with Crippen LogP contribution in [0.1, 0.15) is 96.8 Å². The van der Waals surface area contributed by atoms with Crippen LogP contribution in [-0.4, -0.2) is 29.5 Å². The van der Waals surface area contributed by atoms with Crippen molar-refractivity contribution in [1.29, 1.82) is 0 Å². The summed E-state index contributed by atoms with van der Waals surface area (Å²) in [6.45, 7) is 19.1. The van der Waals surface area contributed by atoms with Gasteiger partial charge in [-0.25, -0.2) is 0 Å². The predicted octanol–water partition coefficient (Wildman–Crippen LogP) is 4.27. The van der Waals surface area contributed by atoms with E-state index in [-0.39, 0.29) is 0 Å². The van der Waals surface area contributed by atoms with Gasteiger partial charge in [-0.1, -0.05) is 27.7 Å². The first kappa shape index (κ1) is 19.3. The third kappa shape index (κ3) is 4.88. The summed E-state index contributed by atoms with van der Waals surface area (Å²) >= 11 is 0. The maximum atomic E-state index is 4.15. The highest BCUT2D eigenvalue weighted by molar-refractivity contribution is 5.00. The van der Waals surface area contributed by atoms with Crippen LogP contribution < -0.4 is 0 Å². The average Bonchev–Trinajstić information content (AvgIpc) is 3.04. The summed E-state index contributed by atoms with van der Waals surface area (Å²) < 4.78 is 4.29. The molecule has 0 spiro atoms. The predicted molar refractivity (Wildman–Crippen MR) is 93.7 cm³/mol. The van der Waals surface area contributed by atoms with Gasteiger partial charge in [0, 0.05) is 23.9 Å². The van der Waals surface area contributed by atoms with E-state index in [9.17, 15) is 0 Å². The van der Waals surface area contributed by atoms with E-state index >= 15 is 0 Å². The van der Waals surface area contributed by atoms with Crippen molar-refractivity contribution in [3.05, 3.63) is 23.8 Å². The van der Waals surface area contributed by atoms with Gasteiger partial charge in [0.1, 0.15) is 23.8 Å². The topological polar surface area (TPSA) is 61.4 Å². The van der Waals surface area contributed by atoms with Gasteiger partial charge in [-0.3, -0.25) is 0 Å². The molecule has 23 heavy (non-hydrogen) atoms. The summed E-state index contributed by atoms with van der Waals surface area (Å²) in [4.78, 5) is 0. The summed E-state index contributed by atoms with van der Waals surface area (Å²) in [5.74, 6) is 4.07. The van der Waals surface area contributed by atoms with Gasteiger partial charge < -0.3 is 9.13 Å². The van der Waals surface area contributed by atoms with Crippen molar-refractivity contribution >= 4 is 0 Å². The molecular formula is C17H32N6. The van der Waals surface area contributed by atoms with Crippen LogP contribution in [0, 0.1) is 6.92 Å². The molecule has 0 bridgehead atoms. The van der Waals surface area contributed by atoms with E-state index in [0.29, 0.717) is 23.9 Å². The Labute approximate surface area is 140 Å². The van der Waals surface area contributed by atoms with Crippen molar-refractivity contribution in [2.75, 3.05) is 0 Å². The molecule has 6 nitrogen and oxygen atoms in total.